The van der Waals surface area contributed by atoms with Gasteiger partial charge in [0.05, 0.1) is 12.6 Å². The highest BCUT2D eigenvalue weighted by Gasteiger charge is 2.16. The van der Waals surface area contributed by atoms with E-state index in [-0.39, 0.29) is 0 Å². The largest absolute Gasteiger partial charge is 0.344 e. The third-order valence-electron chi connectivity index (χ3n) is 2.21. The minimum atomic E-state index is 0.991. The summed E-state index contributed by atoms with van der Waals surface area (Å²) in [6, 6.07) is 0.991. The van der Waals surface area contributed by atoms with E-state index in [4.69, 9.17) is 0 Å². The van der Waals surface area contributed by atoms with E-state index < -0.39 is 0 Å². The Morgan fingerprint density at radius 3 is 3.00 bits per heavy atom. The zero-order chi connectivity index (χ0) is 6.53. The predicted molar refractivity (Wildman–Crippen MR) is 39.3 cm³/mol. The van der Waals surface area contributed by atoms with Crippen molar-refractivity contribution in [3.05, 3.63) is 0 Å². The number of hydrogen-bond acceptors (Lipinski definition) is 0. The van der Waals surface area contributed by atoms with E-state index in [1.165, 1.54) is 38.6 Å². The summed E-state index contributed by atoms with van der Waals surface area (Å²) < 4.78 is 0. The summed E-state index contributed by atoms with van der Waals surface area (Å²) in [4.78, 5) is 0. The first-order valence-electron chi connectivity index (χ1n) is 4.27. The number of hydrogen-bond donors (Lipinski definition) is 1. The van der Waals surface area contributed by atoms with Crippen molar-refractivity contribution in [1.82, 2.24) is 0 Å². The number of rotatable bonds is 3. The van der Waals surface area contributed by atoms with Crippen LogP contribution in [0.25, 0.3) is 0 Å². The molecule has 9 heavy (non-hydrogen) atoms. The third kappa shape index (κ3) is 2.35. The molecule has 1 rings (SSSR count). The maximum absolute atomic E-state index is 2.51. The smallest absolute Gasteiger partial charge is 0.0861 e. The molecule has 2 N–H and O–H groups in total. The molecule has 0 aromatic rings. The zero-order valence-corrected chi connectivity index (χ0v) is 6.40. The quantitative estimate of drug-likeness (QED) is 0.581. The average Bonchev–Trinajstić information content (AvgIpc) is 2.34. The molecule has 54 valence electrons. The van der Waals surface area contributed by atoms with Gasteiger partial charge in [-0.2, -0.15) is 0 Å². The molecule has 0 amide bonds. The molecule has 1 fully saturated rings. The van der Waals surface area contributed by atoms with Crippen molar-refractivity contribution in [2.24, 2.45) is 0 Å². The van der Waals surface area contributed by atoms with E-state index in [0.717, 1.165) is 6.04 Å². The van der Waals surface area contributed by atoms with Crippen LogP contribution in [0.2, 0.25) is 0 Å². The second-order valence-corrected chi connectivity index (χ2v) is 3.07. The lowest BCUT2D eigenvalue weighted by atomic mass is 10.1. The van der Waals surface area contributed by atoms with Crippen molar-refractivity contribution < 1.29 is 5.32 Å². The summed E-state index contributed by atoms with van der Waals surface area (Å²) in [6.45, 7) is 3.66. The lowest BCUT2D eigenvalue weighted by Gasteiger charge is -2.03. The molecular formula is C8H18N+. The van der Waals surface area contributed by atoms with E-state index in [2.05, 4.69) is 12.2 Å². The fourth-order valence-electron chi connectivity index (χ4n) is 1.58. The van der Waals surface area contributed by atoms with Gasteiger partial charge in [0, 0.05) is 12.8 Å². The molecular weight excluding hydrogens is 110 g/mol. The van der Waals surface area contributed by atoms with E-state index in [1.807, 2.05) is 0 Å². The molecule has 0 aliphatic carbocycles. The number of nitrogens with two attached hydrogens (primary N) is 1. The maximum atomic E-state index is 2.51. The Kier molecular flexibility index (Phi) is 3.05. The highest BCUT2D eigenvalue weighted by molar-refractivity contribution is 4.58. The molecule has 0 spiro atoms. The minimum absolute atomic E-state index is 0.991. The molecule has 0 bridgehead atoms. The maximum Gasteiger partial charge on any atom is 0.0861 e. The molecule has 0 saturated carbocycles. The first-order valence-corrected chi connectivity index (χ1v) is 4.27. The van der Waals surface area contributed by atoms with Gasteiger partial charge in [-0.1, -0.05) is 13.3 Å². The second-order valence-electron chi connectivity index (χ2n) is 3.07. The van der Waals surface area contributed by atoms with Crippen molar-refractivity contribution in [3.8, 4) is 0 Å². The van der Waals surface area contributed by atoms with Gasteiger partial charge >= 0.3 is 0 Å². The van der Waals surface area contributed by atoms with Crippen LogP contribution >= 0.6 is 0 Å². The van der Waals surface area contributed by atoms with Crippen LogP contribution in [0.15, 0.2) is 0 Å². The first-order chi connectivity index (χ1) is 4.43. The first kappa shape index (κ1) is 7.07. The lowest BCUT2D eigenvalue weighted by Crippen LogP contribution is -2.86. The van der Waals surface area contributed by atoms with E-state index in [0.29, 0.717) is 0 Å². The standard InChI is InChI=1S/C8H17N/c1-2-3-5-8-6-4-7-9-8/h8-9H,2-7H2,1H3/p+1. The van der Waals surface area contributed by atoms with Gasteiger partial charge in [0.15, 0.2) is 0 Å². The second kappa shape index (κ2) is 3.89. The Bertz CT molecular complexity index is 65.0. The van der Waals surface area contributed by atoms with Crippen LogP contribution in [0, 0.1) is 0 Å². The molecule has 1 aliphatic heterocycles. The molecule has 1 nitrogen and oxygen atoms in total. The van der Waals surface area contributed by atoms with Gasteiger partial charge in [0.1, 0.15) is 0 Å². The Morgan fingerprint density at radius 2 is 2.44 bits per heavy atom. The fourth-order valence-corrected chi connectivity index (χ4v) is 1.58. The van der Waals surface area contributed by atoms with Crippen LogP contribution in [-0.2, 0) is 0 Å². The summed E-state index contributed by atoms with van der Waals surface area (Å²) in [5, 5.41) is 2.51. The van der Waals surface area contributed by atoms with Gasteiger partial charge in [0.2, 0.25) is 0 Å². The zero-order valence-electron chi connectivity index (χ0n) is 6.40. The average molecular weight is 128 g/mol. The Hall–Kier alpha value is -0.0400. The van der Waals surface area contributed by atoms with Crippen molar-refractivity contribution in [1.29, 1.82) is 0 Å². The van der Waals surface area contributed by atoms with Gasteiger partial charge in [-0.15, -0.1) is 0 Å². The van der Waals surface area contributed by atoms with Crippen LogP contribution in [-0.4, -0.2) is 12.6 Å². The van der Waals surface area contributed by atoms with Crippen LogP contribution < -0.4 is 5.32 Å². The number of unbranched alkanes of at least 4 members (excludes halogenated alkanes) is 1. The Labute approximate surface area is 57.8 Å². The molecule has 1 heteroatoms. The highest BCUT2D eigenvalue weighted by atomic mass is 14.9. The Morgan fingerprint density at radius 1 is 1.56 bits per heavy atom. The van der Waals surface area contributed by atoms with Crippen LogP contribution in [0.1, 0.15) is 39.0 Å². The minimum Gasteiger partial charge on any atom is -0.344 e. The van der Waals surface area contributed by atoms with Crippen molar-refractivity contribution in [2.45, 2.75) is 45.1 Å². The summed E-state index contributed by atoms with van der Waals surface area (Å²) in [6.07, 6.45) is 7.18. The van der Waals surface area contributed by atoms with Gasteiger partial charge < -0.3 is 5.32 Å². The normalized spacial score (nSPS) is 27.0. The lowest BCUT2D eigenvalue weighted by molar-refractivity contribution is -0.670. The molecule has 1 heterocycles. The van der Waals surface area contributed by atoms with Crippen LogP contribution in [0.3, 0.4) is 0 Å². The van der Waals surface area contributed by atoms with Crippen LogP contribution in [0.5, 0.6) is 0 Å². The third-order valence-corrected chi connectivity index (χ3v) is 2.21. The van der Waals surface area contributed by atoms with Gasteiger partial charge in [-0.3, -0.25) is 0 Å². The highest BCUT2D eigenvalue weighted by Crippen LogP contribution is 2.05. The molecule has 1 atom stereocenters. The molecule has 1 unspecified atom stereocenters. The Balaban J connectivity index is 1.98. The summed E-state index contributed by atoms with van der Waals surface area (Å²) in [7, 11) is 0. The van der Waals surface area contributed by atoms with E-state index in [9.17, 15) is 0 Å². The molecule has 0 aromatic carbocycles. The van der Waals surface area contributed by atoms with Gasteiger partial charge in [-0.25, -0.2) is 0 Å². The van der Waals surface area contributed by atoms with Gasteiger partial charge in [0.25, 0.3) is 0 Å². The van der Waals surface area contributed by atoms with Crippen molar-refractivity contribution in [3.63, 3.8) is 0 Å². The summed E-state index contributed by atoms with van der Waals surface area (Å²) in [5.74, 6) is 0. The van der Waals surface area contributed by atoms with E-state index in [1.54, 1.807) is 0 Å². The monoisotopic (exact) mass is 128 g/mol. The summed E-state index contributed by atoms with van der Waals surface area (Å²) >= 11 is 0. The predicted octanol–water partition coefficient (Wildman–Crippen LogP) is 0.902. The molecule has 0 radical (unpaired) electrons. The molecule has 1 saturated heterocycles. The van der Waals surface area contributed by atoms with Gasteiger partial charge in [-0.05, 0) is 12.8 Å². The molecule has 1 aliphatic rings. The van der Waals surface area contributed by atoms with E-state index >= 15 is 0 Å². The van der Waals surface area contributed by atoms with Crippen molar-refractivity contribution >= 4 is 0 Å². The summed E-state index contributed by atoms with van der Waals surface area (Å²) in [5.41, 5.74) is 0. The molecule has 0 aromatic heterocycles. The van der Waals surface area contributed by atoms with Crippen LogP contribution in [0.4, 0.5) is 0 Å². The number of quaternary nitrogens is 1. The SMILES string of the molecule is CCCCC1CCC[NH2+]1. The fraction of sp³-hybridized carbons (Fsp3) is 1.00. The topological polar surface area (TPSA) is 16.6 Å². The van der Waals surface area contributed by atoms with Crippen molar-refractivity contribution in [2.75, 3.05) is 6.54 Å².